The second-order valence-corrected chi connectivity index (χ2v) is 6.07. The first-order chi connectivity index (χ1) is 11.9. The zero-order chi connectivity index (χ0) is 17.9. The van der Waals surface area contributed by atoms with Gasteiger partial charge in [0.2, 0.25) is 0 Å². The Morgan fingerprint density at radius 2 is 1.96 bits per heavy atom. The van der Waals surface area contributed by atoms with Crippen LogP contribution in [0.3, 0.4) is 0 Å². The number of benzene rings is 1. The van der Waals surface area contributed by atoms with Gasteiger partial charge < -0.3 is 5.32 Å². The van der Waals surface area contributed by atoms with E-state index in [1.807, 2.05) is 16.8 Å². The minimum Gasteiger partial charge on any atom is -0.348 e. The van der Waals surface area contributed by atoms with Gasteiger partial charge >= 0.3 is 6.18 Å². The van der Waals surface area contributed by atoms with Gasteiger partial charge in [0.15, 0.2) is 0 Å². The topological polar surface area (TPSA) is 42.0 Å². The Morgan fingerprint density at radius 1 is 1.16 bits per heavy atom. The van der Waals surface area contributed by atoms with Crippen molar-refractivity contribution in [2.45, 2.75) is 12.7 Å². The summed E-state index contributed by atoms with van der Waals surface area (Å²) in [7, 11) is 0. The van der Waals surface area contributed by atoms with Crippen molar-refractivity contribution >= 4 is 17.2 Å². The molecule has 1 N–H and O–H groups in total. The van der Waals surface area contributed by atoms with Crippen LogP contribution in [0.4, 0.5) is 13.2 Å². The first-order valence-corrected chi connectivity index (χ1v) is 8.31. The number of nitrogens with zero attached hydrogens (tertiary/aromatic N) is 1. The highest BCUT2D eigenvalue weighted by Crippen LogP contribution is 2.31. The maximum Gasteiger partial charge on any atom is 0.417 e. The number of alkyl halides is 3. The van der Waals surface area contributed by atoms with E-state index in [-0.39, 0.29) is 12.1 Å². The van der Waals surface area contributed by atoms with E-state index >= 15 is 0 Å². The fourth-order valence-corrected chi connectivity index (χ4v) is 3.01. The number of carbonyl (C=O) groups is 1. The van der Waals surface area contributed by atoms with E-state index in [0.29, 0.717) is 0 Å². The lowest BCUT2D eigenvalue weighted by Crippen LogP contribution is -2.25. The average molecular weight is 362 g/mol. The smallest absolute Gasteiger partial charge is 0.348 e. The molecule has 1 amide bonds. The van der Waals surface area contributed by atoms with Gasteiger partial charge in [-0.2, -0.15) is 24.5 Å². The Morgan fingerprint density at radius 3 is 2.68 bits per heavy atom. The van der Waals surface area contributed by atoms with E-state index < -0.39 is 17.6 Å². The van der Waals surface area contributed by atoms with Crippen LogP contribution < -0.4 is 5.32 Å². The fraction of sp³-hybridized carbons (Fsp3) is 0.111. The molecule has 1 aromatic carbocycles. The number of nitrogens with one attached hydrogen (secondary N) is 1. The quantitative estimate of drug-likeness (QED) is 0.727. The lowest BCUT2D eigenvalue weighted by Gasteiger charge is -2.12. The molecule has 0 bridgehead atoms. The number of thiophene rings is 1. The van der Waals surface area contributed by atoms with Gasteiger partial charge in [0, 0.05) is 23.7 Å². The fourth-order valence-electron chi connectivity index (χ4n) is 2.36. The molecule has 7 heteroatoms. The zero-order valence-corrected chi connectivity index (χ0v) is 13.7. The van der Waals surface area contributed by atoms with Crippen molar-refractivity contribution < 1.29 is 18.0 Å². The maximum absolute atomic E-state index is 13.0. The highest BCUT2D eigenvalue weighted by Gasteiger charge is 2.34. The molecule has 3 rings (SSSR count). The summed E-state index contributed by atoms with van der Waals surface area (Å²) >= 11 is 1.54. The number of rotatable bonds is 4. The van der Waals surface area contributed by atoms with E-state index in [1.54, 1.807) is 29.7 Å². The lowest BCUT2D eigenvalue weighted by molar-refractivity contribution is -0.137. The molecule has 0 radical (unpaired) electrons. The minimum absolute atomic E-state index is 0.116. The number of hydrogen-bond donors (Lipinski definition) is 1. The second-order valence-electron chi connectivity index (χ2n) is 5.29. The van der Waals surface area contributed by atoms with Gasteiger partial charge in [-0.25, -0.2) is 0 Å². The van der Waals surface area contributed by atoms with Gasteiger partial charge in [0.1, 0.15) is 0 Å². The van der Waals surface area contributed by atoms with Crippen molar-refractivity contribution in [3.8, 4) is 11.3 Å². The number of carbonyl (C=O) groups excluding carboxylic acids is 1. The number of aromatic nitrogens is 1. The molecule has 25 heavy (non-hydrogen) atoms. The molecule has 0 spiro atoms. The number of amides is 1. The molecule has 0 aliphatic carbocycles. The summed E-state index contributed by atoms with van der Waals surface area (Å²) in [4.78, 5) is 16.4. The Kier molecular flexibility index (Phi) is 4.85. The third kappa shape index (κ3) is 4.06. The zero-order valence-electron chi connectivity index (χ0n) is 12.9. The normalized spacial score (nSPS) is 11.3. The van der Waals surface area contributed by atoms with E-state index in [2.05, 4.69) is 10.3 Å². The summed E-state index contributed by atoms with van der Waals surface area (Å²) in [5.41, 5.74) is 1.14. The van der Waals surface area contributed by atoms with Crippen LogP contribution in [0.15, 0.2) is 59.4 Å². The molecular formula is C18H13F3N2OS. The number of halogens is 3. The van der Waals surface area contributed by atoms with Gasteiger partial charge in [0.05, 0.1) is 16.8 Å². The van der Waals surface area contributed by atoms with Crippen LogP contribution in [0.2, 0.25) is 0 Å². The first-order valence-electron chi connectivity index (χ1n) is 7.37. The molecular weight excluding hydrogens is 349 g/mol. The lowest BCUT2D eigenvalue weighted by atomic mass is 10.1. The van der Waals surface area contributed by atoms with E-state index in [4.69, 9.17) is 0 Å². The van der Waals surface area contributed by atoms with Gasteiger partial charge in [-0.3, -0.25) is 9.78 Å². The van der Waals surface area contributed by atoms with Crippen molar-refractivity contribution in [1.29, 1.82) is 0 Å². The summed E-state index contributed by atoms with van der Waals surface area (Å²) in [6.45, 7) is 0.116. The molecule has 0 atom stereocenters. The van der Waals surface area contributed by atoms with Gasteiger partial charge in [-0.05, 0) is 41.3 Å². The van der Waals surface area contributed by atoms with Crippen molar-refractivity contribution in [2.75, 3.05) is 0 Å². The van der Waals surface area contributed by atoms with Crippen molar-refractivity contribution in [2.24, 2.45) is 0 Å². The van der Waals surface area contributed by atoms with Crippen molar-refractivity contribution in [3.05, 3.63) is 76.1 Å². The van der Waals surface area contributed by atoms with Crippen LogP contribution >= 0.6 is 11.3 Å². The number of pyridine rings is 1. The molecule has 128 valence electrons. The molecule has 2 aromatic heterocycles. The Labute approximate surface area is 146 Å². The summed E-state index contributed by atoms with van der Waals surface area (Å²) in [5, 5.41) is 6.41. The standard InChI is InChI=1S/C18H13F3N2OS/c19-18(20,21)15-4-2-1-3-14(15)17(24)23-10-12-5-7-22-16(9-12)13-6-8-25-11-13/h1-9,11H,10H2,(H,23,24). The Balaban J connectivity index is 1.75. The average Bonchev–Trinajstić information content (AvgIpc) is 3.14. The molecule has 0 saturated carbocycles. The third-order valence-electron chi connectivity index (χ3n) is 3.57. The van der Waals surface area contributed by atoms with Crippen LogP contribution in [-0.4, -0.2) is 10.9 Å². The molecule has 2 heterocycles. The van der Waals surface area contributed by atoms with Crippen LogP contribution in [0.25, 0.3) is 11.3 Å². The molecule has 0 aliphatic rings. The molecule has 3 nitrogen and oxygen atoms in total. The highest BCUT2D eigenvalue weighted by atomic mass is 32.1. The summed E-state index contributed by atoms with van der Waals surface area (Å²) in [6, 6.07) is 10.2. The number of hydrogen-bond acceptors (Lipinski definition) is 3. The predicted octanol–water partition coefficient (Wildman–Crippen LogP) is 4.76. The van der Waals surface area contributed by atoms with E-state index in [9.17, 15) is 18.0 Å². The monoisotopic (exact) mass is 362 g/mol. The highest BCUT2D eigenvalue weighted by molar-refractivity contribution is 7.08. The molecule has 0 saturated heterocycles. The summed E-state index contributed by atoms with van der Waals surface area (Å²) < 4.78 is 39.0. The van der Waals surface area contributed by atoms with Gasteiger partial charge in [-0.15, -0.1) is 0 Å². The predicted molar refractivity (Wildman–Crippen MR) is 90.2 cm³/mol. The summed E-state index contributed by atoms with van der Waals surface area (Å²) in [5.74, 6) is -0.762. The molecule has 0 aliphatic heterocycles. The van der Waals surface area contributed by atoms with Crippen LogP contribution in [-0.2, 0) is 12.7 Å². The molecule has 3 aromatic rings. The van der Waals surface area contributed by atoms with E-state index in [0.717, 1.165) is 22.9 Å². The largest absolute Gasteiger partial charge is 0.417 e. The van der Waals surface area contributed by atoms with Crippen LogP contribution in [0.1, 0.15) is 21.5 Å². The van der Waals surface area contributed by atoms with Crippen molar-refractivity contribution in [3.63, 3.8) is 0 Å². The van der Waals surface area contributed by atoms with E-state index in [1.165, 1.54) is 18.2 Å². The van der Waals surface area contributed by atoms with Crippen molar-refractivity contribution in [1.82, 2.24) is 10.3 Å². The third-order valence-corrected chi connectivity index (χ3v) is 4.25. The molecule has 0 unspecified atom stereocenters. The van der Waals surface area contributed by atoms with Gasteiger partial charge in [-0.1, -0.05) is 12.1 Å². The second kappa shape index (κ2) is 7.06. The molecule has 0 fully saturated rings. The minimum atomic E-state index is -4.57. The first kappa shape index (κ1) is 17.2. The van der Waals surface area contributed by atoms with Crippen LogP contribution in [0.5, 0.6) is 0 Å². The Hall–Kier alpha value is -2.67. The van der Waals surface area contributed by atoms with Crippen LogP contribution in [0, 0.1) is 0 Å². The SMILES string of the molecule is O=C(NCc1ccnc(-c2ccsc2)c1)c1ccccc1C(F)(F)F. The Bertz CT molecular complexity index is 876. The van der Waals surface area contributed by atoms with Gasteiger partial charge in [0.25, 0.3) is 5.91 Å². The summed E-state index contributed by atoms with van der Waals surface area (Å²) in [6.07, 6.45) is -2.96. The maximum atomic E-state index is 13.0.